The molecule has 0 radical (unpaired) electrons. The summed E-state index contributed by atoms with van der Waals surface area (Å²) in [7, 11) is 0. The highest BCUT2D eigenvalue weighted by atomic mass is 16.5. The Labute approximate surface area is 110 Å². The van der Waals surface area contributed by atoms with Crippen molar-refractivity contribution < 1.29 is 14.6 Å². The maximum absolute atomic E-state index is 11.2. The van der Waals surface area contributed by atoms with E-state index in [0.717, 1.165) is 26.0 Å². The van der Waals surface area contributed by atoms with Crippen LogP contribution in [0.25, 0.3) is 0 Å². The van der Waals surface area contributed by atoms with Gasteiger partial charge >= 0.3 is 5.97 Å². The number of ether oxygens (including phenoxy) is 1. The van der Waals surface area contributed by atoms with Crippen LogP contribution in [0.3, 0.4) is 0 Å². The summed E-state index contributed by atoms with van der Waals surface area (Å²) in [6.45, 7) is 9.17. The van der Waals surface area contributed by atoms with Crippen molar-refractivity contribution in [3.05, 3.63) is 0 Å². The molecule has 1 saturated heterocycles. The predicted octanol–water partition coefficient (Wildman–Crippen LogP) is 2.42. The molecule has 1 aliphatic heterocycles. The summed E-state index contributed by atoms with van der Waals surface area (Å²) in [6.07, 6.45) is 4.86. The van der Waals surface area contributed by atoms with E-state index in [4.69, 9.17) is 4.74 Å². The van der Waals surface area contributed by atoms with E-state index in [1.807, 2.05) is 13.8 Å². The van der Waals surface area contributed by atoms with Crippen molar-refractivity contribution in [1.82, 2.24) is 5.32 Å². The topological polar surface area (TPSA) is 58.6 Å². The van der Waals surface area contributed by atoms with Gasteiger partial charge in [-0.05, 0) is 59.9 Å². The van der Waals surface area contributed by atoms with Gasteiger partial charge in [0.15, 0.2) is 0 Å². The van der Waals surface area contributed by atoms with Crippen LogP contribution in [0.4, 0.5) is 0 Å². The van der Waals surface area contributed by atoms with E-state index in [0.29, 0.717) is 6.10 Å². The quantitative estimate of drug-likeness (QED) is 0.688. The van der Waals surface area contributed by atoms with Crippen molar-refractivity contribution in [3.8, 4) is 0 Å². The molecule has 0 aliphatic carbocycles. The minimum absolute atomic E-state index is 0.419. The van der Waals surface area contributed by atoms with Gasteiger partial charge in [0.05, 0.1) is 11.5 Å². The first kappa shape index (κ1) is 15.4. The smallest absolute Gasteiger partial charge is 0.310 e. The minimum Gasteiger partial charge on any atom is -0.481 e. The van der Waals surface area contributed by atoms with Gasteiger partial charge in [0.1, 0.15) is 0 Å². The molecular formula is C14H27NO3. The summed E-state index contributed by atoms with van der Waals surface area (Å²) in [6, 6.07) is 0. The van der Waals surface area contributed by atoms with Crippen LogP contribution in [0.15, 0.2) is 0 Å². The summed E-state index contributed by atoms with van der Waals surface area (Å²) in [5, 5.41) is 12.6. The first-order valence-electron chi connectivity index (χ1n) is 6.87. The summed E-state index contributed by atoms with van der Waals surface area (Å²) in [5.74, 6) is -0.765. The van der Waals surface area contributed by atoms with E-state index in [2.05, 4.69) is 5.32 Å². The number of carboxylic acid groups (broad SMARTS) is 1. The molecule has 18 heavy (non-hydrogen) atoms. The van der Waals surface area contributed by atoms with Gasteiger partial charge in [-0.3, -0.25) is 4.79 Å². The van der Waals surface area contributed by atoms with Crippen LogP contribution in [0.5, 0.6) is 0 Å². The van der Waals surface area contributed by atoms with E-state index >= 15 is 0 Å². The van der Waals surface area contributed by atoms with Crippen molar-refractivity contribution in [3.63, 3.8) is 0 Å². The number of rotatable bonds is 7. The molecule has 1 heterocycles. The number of hydrogen-bond donors (Lipinski definition) is 2. The van der Waals surface area contributed by atoms with Crippen LogP contribution in [0.1, 0.15) is 53.4 Å². The highest BCUT2D eigenvalue weighted by Gasteiger charge is 2.42. The molecule has 1 unspecified atom stereocenters. The van der Waals surface area contributed by atoms with Gasteiger partial charge in [-0.25, -0.2) is 0 Å². The first-order chi connectivity index (χ1) is 8.27. The van der Waals surface area contributed by atoms with E-state index in [-0.39, 0.29) is 0 Å². The third kappa shape index (κ3) is 3.69. The summed E-state index contributed by atoms with van der Waals surface area (Å²) < 4.78 is 5.57. The molecule has 0 aromatic heterocycles. The number of carboxylic acids is 1. The lowest BCUT2D eigenvalue weighted by atomic mass is 9.74. The molecule has 0 aromatic carbocycles. The minimum atomic E-state index is -0.781. The van der Waals surface area contributed by atoms with Crippen molar-refractivity contribution in [2.75, 3.05) is 13.2 Å². The Morgan fingerprint density at radius 1 is 1.39 bits per heavy atom. The molecule has 1 fully saturated rings. The fraction of sp³-hybridized carbons (Fsp3) is 0.929. The SMILES string of the molecule is CC(C)(NCCCC1CCCO1)C(C)(C)C(=O)O. The Hall–Kier alpha value is -0.610. The lowest BCUT2D eigenvalue weighted by Gasteiger charge is -2.39. The second-order valence-electron chi connectivity index (χ2n) is 6.26. The fourth-order valence-electron chi connectivity index (χ4n) is 2.09. The average Bonchev–Trinajstić information content (AvgIpc) is 2.76. The number of hydrogen-bond acceptors (Lipinski definition) is 3. The molecule has 0 spiro atoms. The largest absolute Gasteiger partial charge is 0.481 e. The predicted molar refractivity (Wildman–Crippen MR) is 71.7 cm³/mol. The maximum atomic E-state index is 11.2. The highest BCUT2D eigenvalue weighted by molar-refractivity contribution is 5.75. The molecule has 0 saturated carbocycles. The molecule has 2 N–H and O–H groups in total. The van der Waals surface area contributed by atoms with E-state index in [1.165, 1.54) is 12.8 Å². The Bertz CT molecular complexity index is 281. The Morgan fingerprint density at radius 2 is 2.06 bits per heavy atom. The standard InChI is InChI=1S/C14H27NO3/c1-13(2,12(16)17)14(3,4)15-9-5-7-11-8-6-10-18-11/h11,15H,5-10H2,1-4H3,(H,16,17). The van der Waals surface area contributed by atoms with Crippen molar-refractivity contribution >= 4 is 5.97 Å². The first-order valence-corrected chi connectivity index (χ1v) is 6.87. The number of carbonyl (C=O) groups is 1. The summed E-state index contributed by atoms with van der Waals surface area (Å²) in [5.41, 5.74) is -1.20. The molecule has 4 nitrogen and oxygen atoms in total. The van der Waals surface area contributed by atoms with Crippen molar-refractivity contribution in [2.45, 2.75) is 65.0 Å². The van der Waals surface area contributed by atoms with Crippen LogP contribution in [0, 0.1) is 5.41 Å². The Morgan fingerprint density at radius 3 is 2.56 bits per heavy atom. The normalized spacial score (nSPS) is 21.2. The maximum Gasteiger partial charge on any atom is 0.310 e. The van der Waals surface area contributed by atoms with E-state index < -0.39 is 16.9 Å². The second-order valence-corrected chi connectivity index (χ2v) is 6.26. The zero-order valence-electron chi connectivity index (χ0n) is 12.1. The lowest BCUT2D eigenvalue weighted by molar-refractivity contribution is -0.151. The van der Waals surface area contributed by atoms with E-state index in [9.17, 15) is 9.90 Å². The molecular weight excluding hydrogens is 230 g/mol. The Kier molecular flexibility index (Phi) is 5.17. The zero-order valence-corrected chi connectivity index (χ0v) is 12.1. The number of aliphatic carboxylic acids is 1. The molecule has 0 bridgehead atoms. The van der Waals surface area contributed by atoms with Crippen LogP contribution in [0.2, 0.25) is 0 Å². The molecule has 1 rings (SSSR count). The van der Waals surface area contributed by atoms with Crippen LogP contribution < -0.4 is 5.32 Å². The second kappa shape index (κ2) is 6.02. The van der Waals surface area contributed by atoms with Crippen LogP contribution in [-0.4, -0.2) is 35.9 Å². The fourth-order valence-corrected chi connectivity index (χ4v) is 2.09. The van der Waals surface area contributed by atoms with Gasteiger partial charge in [-0.15, -0.1) is 0 Å². The van der Waals surface area contributed by atoms with Crippen LogP contribution >= 0.6 is 0 Å². The van der Waals surface area contributed by atoms with Crippen LogP contribution in [-0.2, 0) is 9.53 Å². The highest BCUT2D eigenvalue weighted by Crippen LogP contribution is 2.30. The van der Waals surface area contributed by atoms with Gasteiger partial charge < -0.3 is 15.2 Å². The lowest BCUT2D eigenvalue weighted by Crippen LogP contribution is -2.55. The van der Waals surface area contributed by atoms with Crippen molar-refractivity contribution in [2.24, 2.45) is 5.41 Å². The molecule has 4 heteroatoms. The van der Waals surface area contributed by atoms with E-state index in [1.54, 1.807) is 13.8 Å². The van der Waals surface area contributed by atoms with Gasteiger partial charge in [0.25, 0.3) is 0 Å². The zero-order chi connectivity index (χ0) is 13.8. The van der Waals surface area contributed by atoms with Gasteiger partial charge in [0, 0.05) is 12.1 Å². The van der Waals surface area contributed by atoms with Gasteiger partial charge in [-0.1, -0.05) is 0 Å². The van der Waals surface area contributed by atoms with Gasteiger partial charge in [0.2, 0.25) is 0 Å². The molecule has 106 valence electrons. The summed E-state index contributed by atoms with van der Waals surface area (Å²) in [4.78, 5) is 11.2. The molecule has 0 aromatic rings. The molecule has 1 aliphatic rings. The molecule has 1 atom stereocenters. The monoisotopic (exact) mass is 257 g/mol. The number of nitrogens with one attached hydrogen (secondary N) is 1. The van der Waals surface area contributed by atoms with Gasteiger partial charge in [-0.2, -0.15) is 0 Å². The third-order valence-corrected chi connectivity index (χ3v) is 4.39. The Balaban J connectivity index is 2.30. The average molecular weight is 257 g/mol. The van der Waals surface area contributed by atoms with Crippen molar-refractivity contribution in [1.29, 1.82) is 0 Å². The third-order valence-electron chi connectivity index (χ3n) is 4.39. The molecule has 0 amide bonds. The summed E-state index contributed by atoms with van der Waals surface area (Å²) >= 11 is 0.